The van der Waals surface area contributed by atoms with E-state index in [1.807, 2.05) is 0 Å². The highest BCUT2D eigenvalue weighted by atomic mass is 127. The van der Waals surface area contributed by atoms with E-state index in [0.717, 1.165) is 69.3 Å². The predicted molar refractivity (Wildman–Crippen MR) is 139 cm³/mol. The number of halogens is 1. The lowest BCUT2D eigenvalue weighted by Gasteiger charge is -2.22. The molecule has 0 aliphatic carbocycles. The molecule has 0 amide bonds. The van der Waals surface area contributed by atoms with Crippen LogP contribution in [0.15, 0.2) is 23.2 Å². The Kier molecular flexibility index (Phi) is 14.2. The molecule has 0 saturated carbocycles. The van der Waals surface area contributed by atoms with Gasteiger partial charge in [0, 0.05) is 45.5 Å². The molecule has 0 aromatic heterocycles. The maximum Gasteiger partial charge on any atom is 0.191 e. The number of aryl methyl sites for hydroxylation is 1. The minimum atomic E-state index is 0. The molecule has 1 saturated heterocycles. The molecule has 7 heteroatoms. The van der Waals surface area contributed by atoms with Crippen molar-refractivity contribution in [3.8, 4) is 5.75 Å². The molecule has 1 aromatic carbocycles. The first-order valence-corrected chi connectivity index (χ1v) is 11.4. The van der Waals surface area contributed by atoms with E-state index in [4.69, 9.17) is 14.2 Å². The number of aliphatic imine (C=N–C) groups is 1. The summed E-state index contributed by atoms with van der Waals surface area (Å²) in [6, 6.07) is 6.38. The number of rotatable bonds is 11. The molecule has 0 bridgehead atoms. The first-order valence-electron chi connectivity index (χ1n) is 11.4. The van der Waals surface area contributed by atoms with Crippen LogP contribution in [-0.2, 0) is 16.0 Å². The number of hydrogen-bond donors (Lipinski definition) is 2. The van der Waals surface area contributed by atoms with Crippen molar-refractivity contribution in [3.63, 3.8) is 0 Å². The van der Waals surface area contributed by atoms with Crippen molar-refractivity contribution in [1.29, 1.82) is 0 Å². The molecule has 2 N–H and O–H groups in total. The number of ether oxygens (including phenoxy) is 3. The Morgan fingerprint density at radius 3 is 2.61 bits per heavy atom. The second-order valence-electron chi connectivity index (χ2n) is 8.56. The first-order chi connectivity index (χ1) is 14.5. The van der Waals surface area contributed by atoms with Crippen LogP contribution in [-0.4, -0.2) is 51.6 Å². The van der Waals surface area contributed by atoms with Crippen molar-refractivity contribution < 1.29 is 14.2 Å². The molecule has 0 spiro atoms. The van der Waals surface area contributed by atoms with E-state index in [9.17, 15) is 0 Å². The topological polar surface area (TPSA) is 64.1 Å². The van der Waals surface area contributed by atoms with Gasteiger partial charge in [0.15, 0.2) is 5.96 Å². The minimum Gasteiger partial charge on any atom is -0.490 e. The molecule has 6 nitrogen and oxygen atoms in total. The van der Waals surface area contributed by atoms with Gasteiger partial charge < -0.3 is 24.8 Å². The molecule has 178 valence electrons. The Balaban J connectivity index is 0.00000480. The lowest BCUT2D eigenvalue weighted by molar-refractivity contribution is -0.0320. The molecule has 1 unspecified atom stereocenters. The molecule has 1 aromatic rings. The highest BCUT2D eigenvalue weighted by Gasteiger charge is 2.14. The average molecular weight is 548 g/mol. The van der Waals surface area contributed by atoms with E-state index in [-0.39, 0.29) is 30.1 Å². The molecular weight excluding hydrogens is 505 g/mol. The number of nitrogens with one attached hydrogen (secondary N) is 2. The summed E-state index contributed by atoms with van der Waals surface area (Å²) in [5, 5.41) is 6.77. The van der Waals surface area contributed by atoms with Crippen LogP contribution >= 0.6 is 24.0 Å². The van der Waals surface area contributed by atoms with Crippen molar-refractivity contribution >= 4 is 29.9 Å². The van der Waals surface area contributed by atoms with Crippen LogP contribution < -0.4 is 15.4 Å². The highest BCUT2D eigenvalue weighted by Crippen LogP contribution is 2.23. The summed E-state index contributed by atoms with van der Waals surface area (Å²) in [7, 11) is 1.80. The maximum absolute atomic E-state index is 6.25. The van der Waals surface area contributed by atoms with Crippen molar-refractivity contribution in [1.82, 2.24) is 10.6 Å². The summed E-state index contributed by atoms with van der Waals surface area (Å²) in [5.41, 5.74) is 2.35. The molecule has 1 aliphatic heterocycles. The van der Waals surface area contributed by atoms with Crippen LogP contribution in [0.5, 0.6) is 5.75 Å². The Morgan fingerprint density at radius 1 is 1.19 bits per heavy atom. The van der Waals surface area contributed by atoms with E-state index in [2.05, 4.69) is 61.5 Å². The lowest BCUT2D eigenvalue weighted by atomic mass is 10.1. The lowest BCUT2D eigenvalue weighted by Crippen LogP contribution is -2.37. The van der Waals surface area contributed by atoms with Gasteiger partial charge in [-0.15, -0.1) is 24.0 Å². The number of guanidine groups is 1. The molecule has 1 fully saturated rings. The van der Waals surface area contributed by atoms with Crippen LogP contribution in [0.2, 0.25) is 0 Å². The minimum absolute atomic E-state index is 0. The van der Waals surface area contributed by atoms with Gasteiger partial charge in [0.05, 0.1) is 12.2 Å². The summed E-state index contributed by atoms with van der Waals surface area (Å²) < 4.78 is 17.5. The van der Waals surface area contributed by atoms with Gasteiger partial charge in [0.2, 0.25) is 0 Å². The fraction of sp³-hybridized carbons (Fsp3) is 0.708. The van der Waals surface area contributed by atoms with E-state index in [0.29, 0.717) is 18.6 Å². The molecule has 1 aliphatic rings. The standard InChI is InChI=1S/C24H41N3O3.HI/c1-18(2)15-20(4)30-23-16-19(3)7-8-21(23)17-27-24(25-5)26-11-6-12-29-22-9-13-28-14-10-22;/h7-8,16,18,20,22H,6,9-15,17H2,1-5H3,(H2,25,26,27);1H. The third-order valence-electron chi connectivity index (χ3n) is 5.16. The first kappa shape index (κ1) is 28.0. The molecule has 0 radical (unpaired) electrons. The van der Waals surface area contributed by atoms with Gasteiger partial charge >= 0.3 is 0 Å². The second kappa shape index (κ2) is 15.7. The quantitative estimate of drug-likeness (QED) is 0.182. The van der Waals surface area contributed by atoms with E-state index in [1.165, 1.54) is 5.56 Å². The summed E-state index contributed by atoms with van der Waals surface area (Å²) in [5.74, 6) is 2.36. The largest absolute Gasteiger partial charge is 0.490 e. The Labute approximate surface area is 205 Å². The normalized spacial score (nSPS) is 16.0. The fourth-order valence-electron chi connectivity index (χ4n) is 3.62. The fourth-order valence-corrected chi connectivity index (χ4v) is 3.62. The molecule has 2 rings (SSSR count). The van der Waals surface area contributed by atoms with Gasteiger partial charge in [-0.25, -0.2) is 0 Å². The van der Waals surface area contributed by atoms with Crippen molar-refractivity contribution in [3.05, 3.63) is 29.3 Å². The Hall–Kier alpha value is -1.06. The van der Waals surface area contributed by atoms with Crippen molar-refractivity contribution in [2.45, 2.75) is 72.1 Å². The molecule has 31 heavy (non-hydrogen) atoms. The monoisotopic (exact) mass is 547 g/mol. The summed E-state index contributed by atoms with van der Waals surface area (Å²) in [4.78, 5) is 4.33. The van der Waals surface area contributed by atoms with Gasteiger partial charge in [-0.2, -0.15) is 0 Å². The zero-order chi connectivity index (χ0) is 21.8. The van der Waals surface area contributed by atoms with Crippen LogP contribution in [0.4, 0.5) is 0 Å². The third-order valence-corrected chi connectivity index (χ3v) is 5.16. The van der Waals surface area contributed by atoms with E-state index < -0.39 is 0 Å². The van der Waals surface area contributed by atoms with Gasteiger partial charge in [0.1, 0.15) is 5.75 Å². The predicted octanol–water partition coefficient (Wildman–Crippen LogP) is 4.68. The van der Waals surface area contributed by atoms with Crippen LogP contribution in [0.3, 0.4) is 0 Å². The maximum atomic E-state index is 6.25. The number of benzene rings is 1. The second-order valence-corrected chi connectivity index (χ2v) is 8.56. The molecule has 1 heterocycles. The highest BCUT2D eigenvalue weighted by molar-refractivity contribution is 14.0. The summed E-state index contributed by atoms with van der Waals surface area (Å²) in [6.45, 7) is 12.6. The smallest absolute Gasteiger partial charge is 0.191 e. The Bertz CT molecular complexity index is 649. The number of nitrogens with zero attached hydrogens (tertiary/aromatic N) is 1. The third kappa shape index (κ3) is 11.4. The molecular formula is C24H42IN3O3. The van der Waals surface area contributed by atoms with Gasteiger partial charge in [0.25, 0.3) is 0 Å². The van der Waals surface area contributed by atoms with Crippen LogP contribution in [0, 0.1) is 12.8 Å². The zero-order valence-corrected chi connectivity index (χ0v) is 22.2. The van der Waals surface area contributed by atoms with Gasteiger partial charge in [-0.1, -0.05) is 26.0 Å². The van der Waals surface area contributed by atoms with Gasteiger partial charge in [-0.3, -0.25) is 4.99 Å². The number of hydrogen-bond acceptors (Lipinski definition) is 4. The Morgan fingerprint density at radius 2 is 1.94 bits per heavy atom. The average Bonchev–Trinajstić information content (AvgIpc) is 2.71. The van der Waals surface area contributed by atoms with Crippen molar-refractivity contribution in [2.75, 3.05) is 33.4 Å². The van der Waals surface area contributed by atoms with E-state index in [1.54, 1.807) is 7.05 Å². The molecule has 1 atom stereocenters. The summed E-state index contributed by atoms with van der Waals surface area (Å²) >= 11 is 0. The van der Waals surface area contributed by atoms with E-state index >= 15 is 0 Å². The van der Waals surface area contributed by atoms with Crippen LogP contribution in [0.25, 0.3) is 0 Å². The van der Waals surface area contributed by atoms with Gasteiger partial charge in [-0.05, 0) is 57.1 Å². The van der Waals surface area contributed by atoms with Crippen molar-refractivity contribution in [2.24, 2.45) is 10.9 Å². The van der Waals surface area contributed by atoms with Crippen LogP contribution in [0.1, 0.15) is 57.6 Å². The zero-order valence-electron chi connectivity index (χ0n) is 19.9. The SMILES string of the molecule is CN=C(NCCCOC1CCOCC1)NCc1ccc(C)cc1OC(C)CC(C)C.I. The summed E-state index contributed by atoms with van der Waals surface area (Å²) in [6.07, 6.45) is 4.55.